The molecule has 3 heterocycles. The number of hydrogen-bond acceptors (Lipinski definition) is 3. The third-order valence-electron chi connectivity index (χ3n) is 4.45. The quantitative estimate of drug-likeness (QED) is 0.745. The summed E-state index contributed by atoms with van der Waals surface area (Å²) >= 11 is 0. The van der Waals surface area contributed by atoms with Gasteiger partial charge >= 0.3 is 0 Å². The minimum Gasteiger partial charge on any atom is -0.294 e. The fourth-order valence-corrected chi connectivity index (χ4v) is 3.18. The number of rotatable bonds is 3. The van der Waals surface area contributed by atoms with Crippen LogP contribution in [0.3, 0.4) is 0 Å². The SMILES string of the molecule is O=c1cc(CN2CC=C(c3ccccc3)CC2)nc2ccccn12. The van der Waals surface area contributed by atoms with Crippen molar-refractivity contribution in [2.45, 2.75) is 13.0 Å². The fourth-order valence-electron chi connectivity index (χ4n) is 3.18. The van der Waals surface area contributed by atoms with Crippen LogP contribution in [-0.4, -0.2) is 27.4 Å². The van der Waals surface area contributed by atoms with Crippen LogP contribution in [0.25, 0.3) is 11.2 Å². The van der Waals surface area contributed by atoms with E-state index in [-0.39, 0.29) is 5.56 Å². The number of hydrogen-bond donors (Lipinski definition) is 0. The van der Waals surface area contributed by atoms with Crippen LogP contribution in [0.1, 0.15) is 17.7 Å². The van der Waals surface area contributed by atoms with Gasteiger partial charge in [0.1, 0.15) is 5.65 Å². The van der Waals surface area contributed by atoms with Gasteiger partial charge < -0.3 is 0 Å². The average molecular weight is 317 g/mol. The Morgan fingerprint density at radius 1 is 1.04 bits per heavy atom. The second-order valence-electron chi connectivity index (χ2n) is 6.10. The predicted octanol–water partition coefficient (Wildman–Crippen LogP) is 2.98. The lowest BCUT2D eigenvalue weighted by atomic mass is 9.99. The molecule has 1 aliphatic rings. The fraction of sp³-hybridized carbons (Fsp3) is 0.200. The first-order valence-corrected chi connectivity index (χ1v) is 8.24. The van der Waals surface area contributed by atoms with Crippen molar-refractivity contribution in [2.75, 3.05) is 13.1 Å². The van der Waals surface area contributed by atoms with Crippen molar-refractivity contribution in [2.24, 2.45) is 0 Å². The van der Waals surface area contributed by atoms with E-state index in [1.165, 1.54) is 11.1 Å². The lowest BCUT2D eigenvalue weighted by Crippen LogP contribution is -2.29. The summed E-state index contributed by atoms with van der Waals surface area (Å²) < 4.78 is 1.58. The Hall–Kier alpha value is -2.72. The molecule has 24 heavy (non-hydrogen) atoms. The molecule has 0 spiro atoms. The summed E-state index contributed by atoms with van der Waals surface area (Å²) in [6, 6.07) is 17.8. The molecule has 0 saturated carbocycles. The first kappa shape index (κ1) is 14.8. The van der Waals surface area contributed by atoms with Crippen LogP contribution >= 0.6 is 0 Å². The maximum Gasteiger partial charge on any atom is 0.258 e. The Kier molecular flexibility index (Phi) is 3.97. The van der Waals surface area contributed by atoms with E-state index in [1.807, 2.05) is 24.3 Å². The molecule has 1 aromatic carbocycles. The smallest absolute Gasteiger partial charge is 0.258 e. The first-order valence-electron chi connectivity index (χ1n) is 8.24. The van der Waals surface area contributed by atoms with Crippen LogP contribution in [0.5, 0.6) is 0 Å². The molecule has 0 bridgehead atoms. The van der Waals surface area contributed by atoms with E-state index in [0.717, 1.165) is 25.2 Å². The van der Waals surface area contributed by atoms with E-state index >= 15 is 0 Å². The molecule has 3 aromatic rings. The zero-order valence-electron chi connectivity index (χ0n) is 13.4. The van der Waals surface area contributed by atoms with Crippen LogP contribution in [0.2, 0.25) is 0 Å². The molecule has 1 aliphatic heterocycles. The van der Waals surface area contributed by atoms with Crippen LogP contribution in [0.4, 0.5) is 0 Å². The Morgan fingerprint density at radius 3 is 2.67 bits per heavy atom. The molecular weight excluding hydrogens is 298 g/mol. The van der Waals surface area contributed by atoms with Gasteiger partial charge in [0, 0.05) is 31.9 Å². The molecule has 0 N–H and O–H groups in total. The number of fused-ring (bicyclic) bond motifs is 1. The van der Waals surface area contributed by atoms with Crippen LogP contribution in [0.15, 0.2) is 71.7 Å². The maximum absolute atomic E-state index is 12.2. The summed E-state index contributed by atoms with van der Waals surface area (Å²) in [5, 5.41) is 0. The predicted molar refractivity (Wildman–Crippen MR) is 95.8 cm³/mol. The Morgan fingerprint density at radius 2 is 1.88 bits per heavy atom. The van der Waals surface area contributed by atoms with Gasteiger partial charge in [-0.1, -0.05) is 42.5 Å². The van der Waals surface area contributed by atoms with E-state index in [0.29, 0.717) is 12.2 Å². The zero-order valence-corrected chi connectivity index (χ0v) is 13.4. The van der Waals surface area contributed by atoms with Gasteiger partial charge in [-0.3, -0.25) is 14.1 Å². The molecule has 4 heteroatoms. The number of pyridine rings is 1. The average Bonchev–Trinajstić information content (AvgIpc) is 2.63. The van der Waals surface area contributed by atoms with Crippen molar-refractivity contribution >= 4 is 11.2 Å². The highest BCUT2D eigenvalue weighted by atomic mass is 16.1. The van der Waals surface area contributed by atoms with E-state index in [9.17, 15) is 4.79 Å². The molecule has 0 atom stereocenters. The normalized spacial score (nSPS) is 15.4. The molecule has 0 unspecified atom stereocenters. The Balaban J connectivity index is 1.51. The number of benzene rings is 1. The van der Waals surface area contributed by atoms with Gasteiger partial charge in [-0.05, 0) is 29.7 Å². The third kappa shape index (κ3) is 3.01. The van der Waals surface area contributed by atoms with E-state index < -0.39 is 0 Å². The summed E-state index contributed by atoms with van der Waals surface area (Å²) in [5.74, 6) is 0. The molecule has 0 fully saturated rings. The topological polar surface area (TPSA) is 37.6 Å². The van der Waals surface area contributed by atoms with Gasteiger partial charge in [0.2, 0.25) is 0 Å². The Bertz CT molecular complexity index is 944. The van der Waals surface area contributed by atoms with Crippen molar-refractivity contribution in [3.8, 4) is 0 Å². The van der Waals surface area contributed by atoms with Crippen molar-refractivity contribution in [1.82, 2.24) is 14.3 Å². The molecule has 0 amide bonds. The maximum atomic E-state index is 12.2. The highest BCUT2D eigenvalue weighted by Gasteiger charge is 2.14. The minimum absolute atomic E-state index is 0.0203. The summed E-state index contributed by atoms with van der Waals surface area (Å²) in [5.41, 5.74) is 4.23. The summed E-state index contributed by atoms with van der Waals surface area (Å²) in [4.78, 5) is 19.1. The molecule has 0 radical (unpaired) electrons. The van der Waals surface area contributed by atoms with Gasteiger partial charge in [-0.25, -0.2) is 4.98 Å². The lowest BCUT2D eigenvalue weighted by molar-refractivity contribution is 0.290. The van der Waals surface area contributed by atoms with E-state index in [4.69, 9.17) is 0 Å². The van der Waals surface area contributed by atoms with Crippen molar-refractivity contribution in [3.63, 3.8) is 0 Å². The lowest BCUT2D eigenvalue weighted by Gasteiger charge is -2.26. The first-order chi connectivity index (χ1) is 11.8. The number of aromatic nitrogens is 2. The van der Waals surface area contributed by atoms with E-state index in [2.05, 4.69) is 40.2 Å². The molecular formula is C20H19N3O. The molecule has 0 aliphatic carbocycles. The highest BCUT2D eigenvalue weighted by Crippen LogP contribution is 2.22. The van der Waals surface area contributed by atoms with Crippen molar-refractivity contribution < 1.29 is 0 Å². The van der Waals surface area contributed by atoms with Gasteiger partial charge in [0.15, 0.2) is 0 Å². The monoisotopic (exact) mass is 317 g/mol. The zero-order chi connectivity index (χ0) is 16.4. The summed E-state index contributed by atoms with van der Waals surface area (Å²) in [7, 11) is 0. The summed E-state index contributed by atoms with van der Waals surface area (Å²) in [6.07, 6.45) is 5.06. The molecule has 120 valence electrons. The van der Waals surface area contributed by atoms with Gasteiger partial charge in [-0.15, -0.1) is 0 Å². The number of nitrogens with zero attached hydrogens (tertiary/aromatic N) is 3. The van der Waals surface area contributed by atoms with Gasteiger partial charge in [0.05, 0.1) is 5.69 Å². The molecule has 4 nitrogen and oxygen atoms in total. The molecule has 2 aromatic heterocycles. The van der Waals surface area contributed by atoms with Gasteiger partial charge in [0.25, 0.3) is 5.56 Å². The minimum atomic E-state index is -0.0203. The summed E-state index contributed by atoms with van der Waals surface area (Å²) in [6.45, 7) is 2.58. The van der Waals surface area contributed by atoms with Crippen molar-refractivity contribution in [1.29, 1.82) is 0 Å². The Labute approximate surface area is 140 Å². The van der Waals surface area contributed by atoms with Crippen LogP contribution in [0, 0.1) is 0 Å². The molecule has 4 rings (SSSR count). The largest absolute Gasteiger partial charge is 0.294 e. The standard InChI is InChI=1S/C20H19N3O/c24-20-14-18(21-19-8-4-5-11-23(19)20)15-22-12-9-17(10-13-22)16-6-2-1-3-7-16/h1-9,11,14H,10,12-13,15H2. The second-order valence-corrected chi connectivity index (χ2v) is 6.10. The van der Waals surface area contributed by atoms with Crippen LogP contribution in [-0.2, 0) is 6.54 Å². The molecule has 0 saturated heterocycles. The van der Waals surface area contributed by atoms with Gasteiger partial charge in [-0.2, -0.15) is 0 Å². The highest BCUT2D eigenvalue weighted by molar-refractivity contribution is 5.66. The van der Waals surface area contributed by atoms with E-state index in [1.54, 1.807) is 16.7 Å². The second kappa shape index (κ2) is 6.42. The third-order valence-corrected chi connectivity index (χ3v) is 4.45. The van der Waals surface area contributed by atoms with Crippen LogP contribution < -0.4 is 5.56 Å². The van der Waals surface area contributed by atoms with Crippen molar-refractivity contribution in [3.05, 3.63) is 88.5 Å².